The molecule has 158 valence electrons. The highest BCUT2D eigenvalue weighted by Crippen LogP contribution is 2.28. The van der Waals surface area contributed by atoms with E-state index in [1.807, 2.05) is 32.0 Å². The number of hydrogen-bond acceptors (Lipinski definition) is 4. The van der Waals surface area contributed by atoms with Gasteiger partial charge in [0.25, 0.3) is 0 Å². The minimum Gasteiger partial charge on any atom is -0.491 e. The molecule has 0 aliphatic carbocycles. The van der Waals surface area contributed by atoms with Crippen molar-refractivity contribution < 1.29 is 17.9 Å². The SMILES string of the molecule is Cc1ccc(C)c(OCCNC(=O)[C@H](C)N(c2cc(Cl)ccc2C)S(C)(=O)=O)c1. The van der Waals surface area contributed by atoms with Crippen molar-refractivity contribution in [2.24, 2.45) is 0 Å². The van der Waals surface area contributed by atoms with Crippen LogP contribution in [0.2, 0.25) is 5.02 Å². The molecule has 0 fully saturated rings. The van der Waals surface area contributed by atoms with E-state index in [2.05, 4.69) is 5.32 Å². The fraction of sp³-hybridized carbons (Fsp3) is 0.381. The van der Waals surface area contributed by atoms with Crippen molar-refractivity contribution in [3.63, 3.8) is 0 Å². The number of benzene rings is 2. The summed E-state index contributed by atoms with van der Waals surface area (Å²) in [6.45, 7) is 7.77. The van der Waals surface area contributed by atoms with Gasteiger partial charge < -0.3 is 10.1 Å². The van der Waals surface area contributed by atoms with Crippen LogP contribution in [0.3, 0.4) is 0 Å². The maximum absolute atomic E-state index is 12.6. The van der Waals surface area contributed by atoms with Gasteiger partial charge in [-0.3, -0.25) is 9.10 Å². The van der Waals surface area contributed by atoms with Crippen LogP contribution in [0.15, 0.2) is 36.4 Å². The molecular formula is C21H27ClN2O4S. The molecule has 0 bridgehead atoms. The number of halogens is 1. The van der Waals surface area contributed by atoms with Gasteiger partial charge in [-0.05, 0) is 62.6 Å². The standard InChI is InChI=1S/C21H27ClN2O4S/c1-14-6-7-16(3)20(12-14)28-11-10-23-21(25)17(4)24(29(5,26)27)19-13-18(22)9-8-15(19)2/h6-9,12-13,17H,10-11H2,1-5H3,(H,23,25)/t17-/m0/s1. The van der Waals surface area contributed by atoms with Gasteiger partial charge in [0.2, 0.25) is 15.9 Å². The molecule has 29 heavy (non-hydrogen) atoms. The number of hydrogen-bond donors (Lipinski definition) is 1. The largest absolute Gasteiger partial charge is 0.491 e. The van der Waals surface area contributed by atoms with Gasteiger partial charge in [0, 0.05) is 5.02 Å². The van der Waals surface area contributed by atoms with Crippen LogP contribution < -0.4 is 14.4 Å². The number of ether oxygens (including phenoxy) is 1. The number of nitrogens with zero attached hydrogens (tertiary/aromatic N) is 1. The Morgan fingerprint density at radius 3 is 2.45 bits per heavy atom. The summed E-state index contributed by atoms with van der Waals surface area (Å²) >= 11 is 6.04. The topological polar surface area (TPSA) is 75.7 Å². The van der Waals surface area contributed by atoms with Crippen molar-refractivity contribution >= 4 is 33.2 Å². The number of carbonyl (C=O) groups excluding carboxylic acids is 1. The molecule has 1 atom stereocenters. The van der Waals surface area contributed by atoms with Crippen LogP contribution in [0, 0.1) is 20.8 Å². The first-order valence-corrected chi connectivity index (χ1v) is 11.5. The molecule has 0 aliphatic heterocycles. The second-order valence-corrected chi connectivity index (χ2v) is 9.37. The first-order chi connectivity index (χ1) is 13.5. The summed E-state index contributed by atoms with van der Waals surface area (Å²) in [5, 5.41) is 3.14. The molecule has 0 spiro atoms. The Morgan fingerprint density at radius 2 is 1.79 bits per heavy atom. The summed E-state index contributed by atoms with van der Waals surface area (Å²) in [5.41, 5.74) is 3.19. The number of sulfonamides is 1. The number of rotatable bonds is 8. The van der Waals surface area contributed by atoms with Crippen molar-refractivity contribution in [2.45, 2.75) is 33.7 Å². The van der Waals surface area contributed by atoms with Gasteiger partial charge in [-0.1, -0.05) is 29.8 Å². The van der Waals surface area contributed by atoms with E-state index in [-0.39, 0.29) is 13.2 Å². The highest BCUT2D eigenvalue weighted by molar-refractivity contribution is 7.92. The average molecular weight is 439 g/mol. The monoisotopic (exact) mass is 438 g/mol. The van der Waals surface area contributed by atoms with Crippen molar-refractivity contribution in [1.82, 2.24) is 5.32 Å². The third-order valence-electron chi connectivity index (χ3n) is 4.50. The summed E-state index contributed by atoms with van der Waals surface area (Å²) < 4.78 is 31.6. The Morgan fingerprint density at radius 1 is 1.14 bits per heavy atom. The zero-order chi connectivity index (χ0) is 21.8. The van der Waals surface area contributed by atoms with E-state index in [9.17, 15) is 13.2 Å². The van der Waals surface area contributed by atoms with Gasteiger partial charge in [0.15, 0.2) is 0 Å². The highest BCUT2D eigenvalue weighted by Gasteiger charge is 2.30. The predicted molar refractivity (Wildman–Crippen MR) is 117 cm³/mol. The van der Waals surface area contributed by atoms with E-state index >= 15 is 0 Å². The molecule has 6 nitrogen and oxygen atoms in total. The smallest absolute Gasteiger partial charge is 0.243 e. The summed E-state index contributed by atoms with van der Waals surface area (Å²) in [4.78, 5) is 12.6. The van der Waals surface area contributed by atoms with Crippen molar-refractivity contribution in [3.05, 3.63) is 58.1 Å². The summed E-state index contributed by atoms with van der Waals surface area (Å²) in [5.74, 6) is 0.346. The molecular weight excluding hydrogens is 412 g/mol. The van der Waals surface area contributed by atoms with Crippen LogP contribution in [-0.4, -0.2) is 39.8 Å². The van der Waals surface area contributed by atoms with Crippen LogP contribution in [-0.2, 0) is 14.8 Å². The zero-order valence-corrected chi connectivity index (χ0v) is 18.9. The van der Waals surface area contributed by atoms with Crippen molar-refractivity contribution in [2.75, 3.05) is 23.7 Å². The van der Waals surface area contributed by atoms with Crippen molar-refractivity contribution in [1.29, 1.82) is 0 Å². The lowest BCUT2D eigenvalue weighted by atomic mass is 10.1. The van der Waals surface area contributed by atoms with Gasteiger partial charge in [-0.25, -0.2) is 8.42 Å². The summed E-state index contributed by atoms with van der Waals surface area (Å²) in [7, 11) is -3.70. The van der Waals surface area contributed by atoms with E-state index in [4.69, 9.17) is 16.3 Å². The number of anilines is 1. The second-order valence-electron chi connectivity index (χ2n) is 7.07. The Balaban J connectivity index is 2.06. The van der Waals surface area contributed by atoms with E-state index in [0.717, 1.165) is 27.4 Å². The lowest BCUT2D eigenvalue weighted by Gasteiger charge is -2.29. The highest BCUT2D eigenvalue weighted by atomic mass is 35.5. The van der Waals surface area contributed by atoms with E-state index < -0.39 is 22.0 Å². The lowest BCUT2D eigenvalue weighted by molar-refractivity contribution is -0.121. The van der Waals surface area contributed by atoms with Gasteiger partial charge in [-0.2, -0.15) is 0 Å². The number of amides is 1. The van der Waals surface area contributed by atoms with Gasteiger partial charge >= 0.3 is 0 Å². The average Bonchev–Trinajstić information content (AvgIpc) is 2.63. The van der Waals surface area contributed by atoms with E-state index in [1.165, 1.54) is 0 Å². The molecule has 2 rings (SSSR count). The summed E-state index contributed by atoms with van der Waals surface area (Å²) in [6, 6.07) is 9.92. The van der Waals surface area contributed by atoms with Gasteiger partial charge in [0.05, 0.1) is 18.5 Å². The van der Waals surface area contributed by atoms with Crippen molar-refractivity contribution in [3.8, 4) is 5.75 Å². The molecule has 1 N–H and O–H groups in total. The Bertz CT molecular complexity index is 992. The third-order valence-corrected chi connectivity index (χ3v) is 5.96. The van der Waals surface area contributed by atoms with Crippen LogP contribution in [0.1, 0.15) is 23.6 Å². The Kier molecular flexibility index (Phi) is 7.54. The molecule has 0 unspecified atom stereocenters. The molecule has 0 radical (unpaired) electrons. The Labute approximate surface area is 177 Å². The molecule has 1 amide bonds. The molecule has 0 saturated carbocycles. The van der Waals surface area contributed by atoms with Crippen LogP contribution >= 0.6 is 11.6 Å². The zero-order valence-electron chi connectivity index (χ0n) is 17.3. The van der Waals surface area contributed by atoms with E-state index in [0.29, 0.717) is 16.3 Å². The fourth-order valence-electron chi connectivity index (χ4n) is 2.95. The molecule has 0 saturated heterocycles. The molecule has 0 heterocycles. The first-order valence-electron chi connectivity index (χ1n) is 9.24. The number of aryl methyl sites for hydroxylation is 3. The maximum atomic E-state index is 12.6. The van der Waals surface area contributed by atoms with Gasteiger partial charge in [-0.15, -0.1) is 0 Å². The van der Waals surface area contributed by atoms with Crippen LogP contribution in [0.5, 0.6) is 5.75 Å². The number of carbonyl (C=O) groups is 1. The molecule has 0 aromatic heterocycles. The molecule has 2 aromatic rings. The normalized spacial score (nSPS) is 12.3. The molecule has 8 heteroatoms. The van der Waals surface area contributed by atoms with E-state index in [1.54, 1.807) is 32.0 Å². The van der Waals surface area contributed by atoms with Crippen LogP contribution in [0.4, 0.5) is 5.69 Å². The molecule has 0 aliphatic rings. The first kappa shape index (κ1) is 23.0. The fourth-order valence-corrected chi connectivity index (χ4v) is 4.34. The molecule has 2 aromatic carbocycles. The number of nitrogens with one attached hydrogen (secondary N) is 1. The lowest BCUT2D eigenvalue weighted by Crippen LogP contribution is -2.48. The predicted octanol–water partition coefficient (Wildman–Crippen LogP) is 3.61. The minimum atomic E-state index is -3.70. The quantitative estimate of drug-likeness (QED) is 0.639. The van der Waals surface area contributed by atoms with Gasteiger partial charge in [0.1, 0.15) is 18.4 Å². The van der Waals surface area contributed by atoms with Crippen LogP contribution in [0.25, 0.3) is 0 Å². The minimum absolute atomic E-state index is 0.253. The Hall–Kier alpha value is -2.25. The third kappa shape index (κ3) is 6.11. The summed E-state index contributed by atoms with van der Waals surface area (Å²) in [6.07, 6.45) is 1.07. The second kappa shape index (κ2) is 9.50. The maximum Gasteiger partial charge on any atom is 0.243 e.